The summed E-state index contributed by atoms with van der Waals surface area (Å²) < 4.78 is 16.2. The zero-order valence-corrected chi connectivity index (χ0v) is 12.5. The molecule has 3 rings (SSSR count). The van der Waals surface area contributed by atoms with E-state index in [2.05, 4.69) is 27.8 Å². The lowest BCUT2D eigenvalue weighted by Crippen LogP contribution is -2.18. The molecule has 1 fully saturated rings. The predicted octanol–water partition coefficient (Wildman–Crippen LogP) is 4.27. The zero-order valence-electron chi connectivity index (χ0n) is 10.9. The maximum absolute atomic E-state index is 13.7. The number of hydrogen-bond acceptors (Lipinski definition) is 2. The number of aromatic nitrogens is 2. The number of nitrogen functional groups attached to an aromatic ring is 1. The second-order valence-electron chi connectivity index (χ2n) is 5.51. The molecule has 0 atom stereocenters. The normalized spacial score (nSPS) is 23.9. The van der Waals surface area contributed by atoms with Gasteiger partial charge in [-0.05, 0) is 53.6 Å². The zero-order chi connectivity index (χ0) is 13.6. The van der Waals surface area contributed by atoms with Crippen LogP contribution in [0.1, 0.15) is 38.6 Å². The van der Waals surface area contributed by atoms with E-state index in [1.165, 1.54) is 18.9 Å². The van der Waals surface area contributed by atoms with Crippen LogP contribution in [0, 0.1) is 11.7 Å². The fourth-order valence-electron chi connectivity index (χ4n) is 2.99. The van der Waals surface area contributed by atoms with E-state index in [9.17, 15) is 4.39 Å². The predicted molar refractivity (Wildman–Crippen MR) is 78.5 cm³/mol. The average molecular weight is 326 g/mol. The fourth-order valence-corrected chi connectivity index (χ4v) is 3.32. The first-order valence-electron chi connectivity index (χ1n) is 6.68. The molecule has 0 radical (unpaired) electrons. The van der Waals surface area contributed by atoms with Crippen LogP contribution >= 0.6 is 15.9 Å². The molecule has 0 spiro atoms. The van der Waals surface area contributed by atoms with Gasteiger partial charge in [0.05, 0.1) is 15.5 Å². The van der Waals surface area contributed by atoms with Gasteiger partial charge in [0.25, 0.3) is 0 Å². The van der Waals surface area contributed by atoms with E-state index in [-0.39, 0.29) is 5.82 Å². The molecule has 0 unspecified atom stereocenters. The van der Waals surface area contributed by atoms with Crippen LogP contribution in [0.3, 0.4) is 0 Å². The summed E-state index contributed by atoms with van der Waals surface area (Å²) >= 11 is 3.19. The number of hydrogen-bond donors (Lipinski definition) is 1. The molecule has 0 bridgehead atoms. The molecule has 19 heavy (non-hydrogen) atoms. The van der Waals surface area contributed by atoms with Crippen molar-refractivity contribution in [3.63, 3.8) is 0 Å². The van der Waals surface area contributed by atoms with Gasteiger partial charge < -0.3 is 10.3 Å². The summed E-state index contributed by atoms with van der Waals surface area (Å²) in [6, 6.07) is 3.57. The Hall–Kier alpha value is -1.10. The van der Waals surface area contributed by atoms with E-state index < -0.39 is 0 Å². The smallest absolute Gasteiger partial charge is 0.201 e. The molecule has 1 aromatic carbocycles. The Morgan fingerprint density at radius 3 is 2.68 bits per heavy atom. The Morgan fingerprint density at radius 2 is 2.00 bits per heavy atom. The topological polar surface area (TPSA) is 43.8 Å². The van der Waals surface area contributed by atoms with Gasteiger partial charge >= 0.3 is 0 Å². The highest BCUT2D eigenvalue weighted by molar-refractivity contribution is 9.10. The summed E-state index contributed by atoms with van der Waals surface area (Å²) in [5.74, 6) is 1.00. The third-order valence-corrected chi connectivity index (χ3v) is 4.72. The van der Waals surface area contributed by atoms with Crippen LogP contribution in [-0.2, 0) is 0 Å². The van der Waals surface area contributed by atoms with Crippen LogP contribution in [0.2, 0.25) is 0 Å². The van der Waals surface area contributed by atoms with Gasteiger partial charge in [-0.2, -0.15) is 0 Å². The first-order valence-corrected chi connectivity index (χ1v) is 7.48. The molecular formula is C14H17BrFN3. The van der Waals surface area contributed by atoms with Crippen molar-refractivity contribution in [2.75, 3.05) is 5.73 Å². The number of nitrogens with zero attached hydrogens (tertiary/aromatic N) is 2. The monoisotopic (exact) mass is 325 g/mol. The summed E-state index contributed by atoms with van der Waals surface area (Å²) in [6.45, 7) is 2.28. The van der Waals surface area contributed by atoms with Gasteiger partial charge in [-0.15, -0.1) is 0 Å². The highest BCUT2D eigenvalue weighted by Crippen LogP contribution is 2.36. The van der Waals surface area contributed by atoms with Crippen LogP contribution in [0.4, 0.5) is 10.3 Å². The van der Waals surface area contributed by atoms with E-state index >= 15 is 0 Å². The number of rotatable bonds is 1. The average Bonchev–Trinajstić information content (AvgIpc) is 2.67. The standard InChI is InChI=1S/C14H17BrFN3/c1-8-2-4-9(5-3-8)19-13-7-11(16)10(15)6-12(13)18-14(19)17/h6-9H,2-5H2,1H3,(H2,17,18). The van der Waals surface area contributed by atoms with Gasteiger partial charge in [0.1, 0.15) is 5.82 Å². The lowest BCUT2D eigenvalue weighted by Gasteiger charge is -2.28. The molecule has 5 heteroatoms. The SMILES string of the molecule is CC1CCC(n2c(N)nc3cc(Br)c(F)cc32)CC1. The fraction of sp³-hybridized carbons (Fsp3) is 0.500. The van der Waals surface area contributed by atoms with Gasteiger partial charge in [-0.1, -0.05) is 6.92 Å². The maximum Gasteiger partial charge on any atom is 0.201 e. The van der Waals surface area contributed by atoms with E-state index in [1.54, 1.807) is 6.07 Å². The molecular weight excluding hydrogens is 309 g/mol. The van der Waals surface area contributed by atoms with Gasteiger partial charge in [0.2, 0.25) is 5.95 Å². The van der Waals surface area contributed by atoms with E-state index in [0.29, 0.717) is 16.5 Å². The highest BCUT2D eigenvalue weighted by Gasteiger charge is 2.23. The number of fused-ring (bicyclic) bond motifs is 1. The number of benzene rings is 1. The Kier molecular flexibility index (Phi) is 3.25. The second-order valence-corrected chi connectivity index (χ2v) is 6.36. The number of imidazole rings is 1. The maximum atomic E-state index is 13.7. The van der Waals surface area contributed by atoms with Crippen molar-refractivity contribution in [2.45, 2.75) is 38.6 Å². The molecule has 1 aromatic heterocycles. The third kappa shape index (κ3) is 2.24. The molecule has 0 saturated heterocycles. The van der Waals surface area contributed by atoms with Crippen molar-refractivity contribution < 1.29 is 4.39 Å². The van der Waals surface area contributed by atoms with Crippen molar-refractivity contribution in [2.24, 2.45) is 5.92 Å². The molecule has 1 aliphatic carbocycles. The van der Waals surface area contributed by atoms with Gasteiger partial charge in [-0.25, -0.2) is 9.37 Å². The molecule has 0 aliphatic heterocycles. The molecule has 102 valence electrons. The molecule has 1 heterocycles. The van der Waals surface area contributed by atoms with Crippen LogP contribution in [-0.4, -0.2) is 9.55 Å². The summed E-state index contributed by atoms with van der Waals surface area (Å²) in [7, 11) is 0. The van der Waals surface area contributed by atoms with Crippen molar-refractivity contribution >= 4 is 32.9 Å². The highest BCUT2D eigenvalue weighted by atomic mass is 79.9. The van der Waals surface area contributed by atoms with Crippen molar-refractivity contribution in [3.05, 3.63) is 22.4 Å². The van der Waals surface area contributed by atoms with E-state index in [4.69, 9.17) is 5.73 Å². The van der Waals surface area contributed by atoms with Crippen molar-refractivity contribution in [3.8, 4) is 0 Å². The minimum absolute atomic E-state index is 0.266. The lowest BCUT2D eigenvalue weighted by atomic mass is 9.87. The van der Waals surface area contributed by atoms with Crippen molar-refractivity contribution in [1.82, 2.24) is 9.55 Å². The Morgan fingerprint density at radius 1 is 1.32 bits per heavy atom. The summed E-state index contributed by atoms with van der Waals surface area (Å²) in [4.78, 5) is 4.35. The minimum atomic E-state index is -0.266. The summed E-state index contributed by atoms with van der Waals surface area (Å²) in [6.07, 6.45) is 4.58. The van der Waals surface area contributed by atoms with Crippen LogP contribution < -0.4 is 5.73 Å². The van der Waals surface area contributed by atoms with Crippen molar-refractivity contribution in [1.29, 1.82) is 0 Å². The molecule has 0 amide bonds. The quantitative estimate of drug-likeness (QED) is 0.850. The number of nitrogens with two attached hydrogens (primary N) is 1. The molecule has 2 N–H and O–H groups in total. The van der Waals surface area contributed by atoms with Gasteiger partial charge in [0.15, 0.2) is 0 Å². The Labute approximate surface area is 120 Å². The Bertz CT molecular complexity index is 615. The first kappa shape index (κ1) is 12.9. The largest absolute Gasteiger partial charge is 0.369 e. The molecule has 1 saturated carbocycles. The first-order chi connectivity index (χ1) is 9.06. The molecule has 1 aliphatic rings. The molecule has 2 aromatic rings. The summed E-state index contributed by atoms with van der Waals surface area (Å²) in [5, 5.41) is 0. The third-order valence-electron chi connectivity index (χ3n) is 4.11. The van der Waals surface area contributed by atoms with E-state index in [0.717, 1.165) is 29.8 Å². The summed E-state index contributed by atoms with van der Waals surface area (Å²) in [5.41, 5.74) is 7.59. The second kappa shape index (κ2) is 4.78. The van der Waals surface area contributed by atoms with Crippen LogP contribution in [0.15, 0.2) is 16.6 Å². The van der Waals surface area contributed by atoms with E-state index in [1.807, 2.05) is 4.57 Å². The van der Waals surface area contributed by atoms with Gasteiger partial charge in [0, 0.05) is 12.1 Å². The molecule has 3 nitrogen and oxygen atoms in total. The van der Waals surface area contributed by atoms with Crippen LogP contribution in [0.5, 0.6) is 0 Å². The number of anilines is 1. The van der Waals surface area contributed by atoms with Crippen LogP contribution in [0.25, 0.3) is 11.0 Å². The lowest BCUT2D eigenvalue weighted by molar-refractivity contribution is 0.296. The minimum Gasteiger partial charge on any atom is -0.369 e. The Balaban J connectivity index is 2.07. The van der Waals surface area contributed by atoms with Gasteiger partial charge in [-0.3, -0.25) is 0 Å². The number of halogens is 2.